The molecule has 1 saturated carbocycles. The fourth-order valence-electron chi connectivity index (χ4n) is 3.41. The predicted octanol–water partition coefficient (Wildman–Crippen LogP) is 2.51. The summed E-state index contributed by atoms with van der Waals surface area (Å²) in [5, 5.41) is 0. The van der Waals surface area contributed by atoms with Gasteiger partial charge >= 0.3 is 0 Å². The van der Waals surface area contributed by atoms with E-state index in [9.17, 15) is 8.42 Å². The van der Waals surface area contributed by atoms with Gasteiger partial charge in [-0.05, 0) is 55.9 Å². The van der Waals surface area contributed by atoms with Gasteiger partial charge in [-0.15, -0.1) is 0 Å². The molecular formula is C15H21NO3S. The highest BCUT2D eigenvalue weighted by atomic mass is 32.2. The Morgan fingerprint density at radius 1 is 1.15 bits per heavy atom. The van der Waals surface area contributed by atoms with Crippen molar-refractivity contribution in [3.05, 3.63) is 24.3 Å². The molecular weight excluding hydrogens is 274 g/mol. The number of nitrogens with zero attached hydrogens (tertiary/aromatic N) is 1. The van der Waals surface area contributed by atoms with Gasteiger partial charge in [-0.3, -0.25) is 0 Å². The SMILES string of the molecule is CCOc1ccc(S(=O)(=O)N2CC3CCCC3C2)cc1. The maximum Gasteiger partial charge on any atom is 0.243 e. The summed E-state index contributed by atoms with van der Waals surface area (Å²) in [5.74, 6) is 1.87. The zero-order valence-corrected chi connectivity index (χ0v) is 12.6. The minimum Gasteiger partial charge on any atom is -0.494 e. The van der Waals surface area contributed by atoms with E-state index in [0.29, 0.717) is 42.2 Å². The topological polar surface area (TPSA) is 46.6 Å². The van der Waals surface area contributed by atoms with Crippen molar-refractivity contribution in [3.63, 3.8) is 0 Å². The first-order chi connectivity index (χ1) is 9.61. The van der Waals surface area contributed by atoms with Crippen molar-refractivity contribution in [2.45, 2.75) is 31.1 Å². The van der Waals surface area contributed by atoms with E-state index in [4.69, 9.17) is 4.74 Å². The minimum atomic E-state index is -3.33. The van der Waals surface area contributed by atoms with Crippen LogP contribution in [0.5, 0.6) is 5.75 Å². The lowest BCUT2D eigenvalue weighted by atomic mass is 10.0. The first-order valence-corrected chi connectivity index (χ1v) is 8.78. The van der Waals surface area contributed by atoms with E-state index in [1.165, 1.54) is 19.3 Å². The average molecular weight is 295 g/mol. The van der Waals surface area contributed by atoms with Crippen molar-refractivity contribution in [1.29, 1.82) is 0 Å². The van der Waals surface area contributed by atoms with Crippen LogP contribution in [0.3, 0.4) is 0 Å². The maximum absolute atomic E-state index is 12.6. The third-order valence-corrected chi connectivity index (χ3v) is 6.31. The first-order valence-electron chi connectivity index (χ1n) is 7.34. The van der Waals surface area contributed by atoms with Crippen LogP contribution in [0, 0.1) is 11.8 Å². The summed E-state index contributed by atoms with van der Waals surface area (Å²) in [4.78, 5) is 0.376. The normalized spacial score (nSPS) is 26.6. The number of ether oxygens (including phenoxy) is 1. The fraction of sp³-hybridized carbons (Fsp3) is 0.600. The maximum atomic E-state index is 12.6. The molecule has 2 fully saturated rings. The molecule has 110 valence electrons. The van der Waals surface area contributed by atoms with Gasteiger partial charge in [0.15, 0.2) is 0 Å². The highest BCUT2D eigenvalue weighted by molar-refractivity contribution is 7.89. The van der Waals surface area contributed by atoms with Crippen LogP contribution in [0.2, 0.25) is 0 Å². The molecule has 1 aliphatic carbocycles. The number of sulfonamides is 1. The highest BCUT2D eigenvalue weighted by Gasteiger charge is 2.41. The van der Waals surface area contributed by atoms with Crippen LogP contribution in [-0.4, -0.2) is 32.4 Å². The highest BCUT2D eigenvalue weighted by Crippen LogP contribution is 2.39. The van der Waals surface area contributed by atoms with E-state index in [1.807, 2.05) is 6.92 Å². The summed E-state index contributed by atoms with van der Waals surface area (Å²) in [6, 6.07) is 6.75. The van der Waals surface area contributed by atoms with Gasteiger partial charge in [-0.25, -0.2) is 8.42 Å². The van der Waals surface area contributed by atoms with E-state index in [-0.39, 0.29) is 0 Å². The Morgan fingerprint density at radius 3 is 2.30 bits per heavy atom. The zero-order valence-electron chi connectivity index (χ0n) is 11.8. The number of rotatable bonds is 4. The quantitative estimate of drug-likeness (QED) is 0.857. The predicted molar refractivity (Wildman–Crippen MR) is 77.2 cm³/mol. The molecule has 2 aliphatic rings. The molecule has 0 aromatic heterocycles. The molecule has 1 aromatic carbocycles. The minimum absolute atomic E-state index is 0.376. The molecule has 20 heavy (non-hydrogen) atoms. The summed E-state index contributed by atoms with van der Waals surface area (Å²) < 4.78 is 32.3. The van der Waals surface area contributed by atoms with Crippen molar-refractivity contribution in [2.75, 3.05) is 19.7 Å². The summed E-state index contributed by atoms with van der Waals surface area (Å²) in [6.07, 6.45) is 3.62. The lowest BCUT2D eigenvalue weighted by Crippen LogP contribution is -2.29. The van der Waals surface area contributed by atoms with Crippen molar-refractivity contribution >= 4 is 10.0 Å². The molecule has 2 unspecified atom stereocenters. The molecule has 1 aromatic rings. The molecule has 0 spiro atoms. The van der Waals surface area contributed by atoms with Gasteiger partial charge in [0.25, 0.3) is 0 Å². The van der Waals surface area contributed by atoms with Crippen molar-refractivity contribution in [2.24, 2.45) is 11.8 Å². The summed E-state index contributed by atoms with van der Waals surface area (Å²) >= 11 is 0. The van der Waals surface area contributed by atoms with Gasteiger partial charge in [-0.1, -0.05) is 6.42 Å². The fourth-order valence-corrected chi connectivity index (χ4v) is 4.97. The molecule has 1 heterocycles. The average Bonchev–Trinajstić information content (AvgIpc) is 3.00. The molecule has 4 nitrogen and oxygen atoms in total. The van der Waals surface area contributed by atoms with Gasteiger partial charge in [0.1, 0.15) is 5.75 Å². The Kier molecular flexibility index (Phi) is 3.73. The molecule has 0 N–H and O–H groups in total. The third kappa shape index (κ3) is 2.44. The Hall–Kier alpha value is -1.07. The van der Waals surface area contributed by atoms with E-state index < -0.39 is 10.0 Å². The molecule has 1 saturated heterocycles. The molecule has 5 heteroatoms. The number of hydrogen-bond donors (Lipinski definition) is 0. The Morgan fingerprint density at radius 2 is 1.75 bits per heavy atom. The zero-order chi connectivity index (χ0) is 14.2. The van der Waals surface area contributed by atoms with Crippen LogP contribution in [0.4, 0.5) is 0 Å². The Balaban J connectivity index is 1.78. The van der Waals surface area contributed by atoms with E-state index in [0.717, 1.165) is 0 Å². The third-order valence-electron chi connectivity index (χ3n) is 4.47. The van der Waals surface area contributed by atoms with Gasteiger partial charge in [0, 0.05) is 13.1 Å². The summed E-state index contributed by atoms with van der Waals surface area (Å²) in [5.41, 5.74) is 0. The molecule has 1 aliphatic heterocycles. The lowest BCUT2D eigenvalue weighted by Gasteiger charge is -2.17. The summed E-state index contributed by atoms with van der Waals surface area (Å²) in [6.45, 7) is 3.88. The van der Waals surface area contributed by atoms with Crippen molar-refractivity contribution in [1.82, 2.24) is 4.31 Å². The standard InChI is InChI=1S/C15H21NO3S/c1-2-19-14-6-8-15(9-7-14)20(17,18)16-10-12-4-3-5-13(12)11-16/h6-9,12-13H,2-5,10-11H2,1H3. The van der Waals surface area contributed by atoms with Gasteiger partial charge in [0.05, 0.1) is 11.5 Å². The van der Waals surface area contributed by atoms with Gasteiger partial charge in [-0.2, -0.15) is 4.31 Å². The first kappa shape index (κ1) is 13.9. The second-order valence-corrected chi connectivity index (χ2v) is 7.62. The number of fused-ring (bicyclic) bond motifs is 1. The van der Waals surface area contributed by atoms with E-state index >= 15 is 0 Å². The molecule has 3 rings (SSSR count). The second kappa shape index (κ2) is 5.37. The number of benzene rings is 1. The van der Waals surface area contributed by atoms with Crippen molar-refractivity contribution in [3.8, 4) is 5.75 Å². The Bertz CT molecular complexity index is 555. The van der Waals surface area contributed by atoms with Crippen LogP contribution in [0.15, 0.2) is 29.2 Å². The van der Waals surface area contributed by atoms with Crippen molar-refractivity contribution < 1.29 is 13.2 Å². The van der Waals surface area contributed by atoms with Gasteiger partial charge < -0.3 is 4.74 Å². The lowest BCUT2D eigenvalue weighted by molar-refractivity contribution is 0.340. The Labute approximate surface area is 120 Å². The largest absolute Gasteiger partial charge is 0.494 e. The van der Waals surface area contributed by atoms with Gasteiger partial charge in [0.2, 0.25) is 10.0 Å². The smallest absolute Gasteiger partial charge is 0.243 e. The molecule has 0 radical (unpaired) electrons. The molecule has 0 amide bonds. The van der Waals surface area contributed by atoms with Crippen LogP contribution in [0.25, 0.3) is 0 Å². The van der Waals surface area contributed by atoms with E-state index in [1.54, 1.807) is 28.6 Å². The molecule has 2 atom stereocenters. The second-order valence-electron chi connectivity index (χ2n) is 5.68. The number of hydrogen-bond acceptors (Lipinski definition) is 3. The van der Waals surface area contributed by atoms with E-state index in [2.05, 4.69) is 0 Å². The summed E-state index contributed by atoms with van der Waals surface area (Å²) in [7, 11) is -3.33. The van der Waals surface area contributed by atoms with Crippen LogP contribution in [-0.2, 0) is 10.0 Å². The monoisotopic (exact) mass is 295 g/mol. The van der Waals surface area contributed by atoms with Crippen LogP contribution in [0.1, 0.15) is 26.2 Å². The van der Waals surface area contributed by atoms with Crippen LogP contribution < -0.4 is 4.74 Å². The van der Waals surface area contributed by atoms with Crippen LogP contribution >= 0.6 is 0 Å². The molecule has 0 bridgehead atoms.